The van der Waals surface area contributed by atoms with Crippen LogP contribution in [0.1, 0.15) is 34.1 Å². The minimum absolute atomic E-state index is 0.227. The number of hydrogen-bond donors (Lipinski definition) is 4. The lowest BCUT2D eigenvalue weighted by molar-refractivity contribution is -0.137. The van der Waals surface area contributed by atoms with Crippen LogP contribution in [-0.4, -0.2) is 37.7 Å². The van der Waals surface area contributed by atoms with E-state index in [-0.39, 0.29) is 34.4 Å². The Morgan fingerprint density at radius 1 is 1.11 bits per heavy atom. The number of aromatic nitrogens is 3. The molecule has 2 aromatic heterocycles. The summed E-state index contributed by atoms with van der Waals surface area (Å²) in [6.45, 7) is 3.52. The fraction of sp³-hybridized carbons (Fsp3) is 0.174. The van der Waals surface area contributed by atoms with E-state index < -0.39 is 11.7 Å². The molecule has 186 valence electrons. The van der Waals surface area contributed by atoms with Crippen LogP contribution in [0.4, 0.5) is 18.9 Å². The zero-order valence-electron chi connectivity index (χ0n) is 18.5. The molecule has 2 heterocycles. The van der Waals surface area contributed by atoms with Gasteiger partial charge in [-0.2, -0.15) is 13.2 Å². The van der Waals surface area contributed by atoms with Crippen molar-refractivity contribution in [1.82, 2.24) is 15.0 Å². The molecule has 0 bridgehead atoms. The second kappa shape index (κ2) is 12.5. The summed E-state index contributed by atoms with van der Waals surface area (Å²) in [5.74, 6) is -0.329. The lowest BCUT2D eigenvalue weighted by atomic mass is 10.0. The van der Waals surface area contributed by atoms with Gasteiger partial charge in [-0.1, -0.05) is 34.8 Å². The molecular weight excluding hydrogens is 508 g/mol. The molecule has 4 N–H and O–H groups in total. The number of nitrogens with one attached hydrogen (secondary N) is 2. The summed E-state index contributed by atoms with van der Waals surface area (Å²) in [6.07, 6.45) is -1.36. The van der Waals surface area contributed by atoms with Crippen molar-refractivity contribution in [2.24, 2.45) is 0 Å². The van der Waals surface area contributed by atoms with Gasteiger partial charge < -0.3 is 10.1 Å². The summed E-state index contributed by atoms with van der Waals surface area (Å²) in [7, 11) is 0. The van der Waals surface area contributed by atoms with Crippen LogP contribution in [0.15, 0.2) is 55.0 Å². The summed E-state index contributed by atoms with van der Waals surface area (Å²) < 4.78 is 36.4. The Morgan fingerprint density at radius 3 is 2.40 bits per heavy atom. The van der Waals surface area contributed by atoms with Gasteiger partial charge in [0.15, 0.2) is 0 Å². The predicted molar refractivity (Wildman–Crippen MR) is 128 cm³/mol. The van der Waals surface area contributed by atoms with Crippen molar-refractivity contribution in [1.29, 1.82) is 0 Å². The fourth-order valence-corrected chi connectivity index (χ4v) is 3.24. The number of nitrogens with zero attached hydrogens (tertiary/aromatic N) is 2. The number of benzene rings is 2. The van der Waals surface area contributed by atoms with Crippen LogP contribution in [0.25, 0.3) is 11.0 Å². The van der Waals surface area contributed by atoms with Crippen LogP contribution >= 0.6 is 23.2 Å². The van der Waals surface area contributed by atoms with Crippen molar-refractivity contribution >= 4 is 45.7 Å². The first kappa shape index (κ1) is 28.1. The predicted octanol–water partition coefficient (Wildman–Crippen LogP) is 6.31. The summed E-state index contributed by atoms with van der Waals surface area (Å²) in [6, 6.07) is 10.1. The van der Waals surface area contributed by atoms with E-state index in [2.05, 4.69) is 15.0 Å². The number of fused-ring (bicyclic) bond motifs is 1. The molecule has 2 aromatic carbocycles. The maximum Gasteiger partial charge on any atom is 0.417 e. The third-order valence-electron chi connectivity index (χ3n) is 4.34. The maximum absolute atomic E-state index is 12.6. The number of carbonyl (C=O) groups excluding carboxylic acids is 1. The normalized spacial score (nSPS) is 10.7. The number of ketones is 1. The number of halogens is 5. The molecule has 0 spiro atoms. The number of hydrogen-bond acceptors (Lipinski definition) is 6. The molecule has 7 nitrogen and oxygen atoms in total. The topological polar surface area (TPSA) is 111 Å². The van der Waals surface area contributed by atoms with Crippen molar-refractivity contribution in [2.45, 2.75) is 20.0 Å². The summed E-state index contributed by atoms with van der Waals surface area (Å²) in [5, 5.41) is 17.5. The smallest absolute Gasteiger partial charge is 0.397 e. The second-order valence-electron chi connectivity index (χ2n) is 6.89. The minimum Gasteiger partial charge on any atom is -0.397 e. The van der Waals surface area contributed by atoms with E-state index in [0.717, 1.165) is 6.07 Å². The Balaban J connectivity index is 0.000000246. The Bertz CT molecular complexity index is 1300. The lowest BCUT2D eigenvalue weighted by Gasteiger charge is -2.08. The van der Waals surface area contributed by atoms with Crippen LogP contribution in [0, 0.1) is 6.92 Å². The first-order valence-electron chi connectivity index (χ1n) is 10.00. The molecule has 0 aliphatic rings. The average molecular weight is 529 g/mol. The fourth-order valence-electron chi connectivity index (χ4n) is 2.84. The van der Waals surface area contributed by atoms with E-state index in [1.165, 1.54) is 30.6 Å². The molecule has 0 aliphatic heterocycles. The maximum atomic E-state index is 12.6. The second-order valence-corrected chi connectivity index (χ2v) is 7.73. The number of H-pyrrole nitrogens is 1. The van der Waals surface area contributed by atoms with Gasteiger partial charge in [-0.05, 0) is 50.2 Å². The van der Waals surface area contributed by atoms with Gasteiger partial charge in [-0.15, -0.1) is 0 Å². The van der Waals surface area contributed by atoms with Gasteiger partial charge in [0.05, 0.1) is 16.3 Å². The monoisotopic (exact) mass is 528 g/mol. The summed E-state index contributed by atoms with van der Waals surface area (Å²) in [4.78, 5) is 23.5. The van der Waals surface area contributed by atoms with E-state index >= 15 is 0 Å². The third-order valence-corrected chi connectivity index (χ3v) is 4.91. The van der Waals surface area contributed by atoms with Gasteiger partial charge in [0.2, 0.25) is 5.78 Å². The molecule has 0 fully saturated rings. The van der Waals surface area contributed by atoms with Crippen LogP contribution in [0.2, 0.25) is 10.0 Å². The number of aliphatic hydroxyl groups excluding tert-OH is 1. The van der Waals surface area contributed by atoms with Crippen LogP contribution in [0.3, 0.4) is 0 Å². The van der Waals surface area contributed by atoms with Gasteiger partial charge in [0.25, 0.3) is 0 Å². The molecule has 0 amide bonds. The van der Waals surface area contributed by atoms with Crippen molar-refractivity contribution < 1.29 is 28.3 Å². The van der Waals surface area contributed by atoms with E-state index in [4.69, 9.17) is 33.5 Å². The van der Waals surface area contributed by atoms with Crippen LogP contribution in [-0.2, 0) is 6.18 Å². The van der Waals surface area contributed by atoms with Gasteiger partial charge >= 0.3 is 6.18 Å². The molecule has 0 radical (unpaired) electrons. The molecule has 0 saturated carbocycles. The largest absolute Gasteiger partial charge is 0.417 e. The lowest BCUT2D eigenvalue weighted by Crippen LogP contribution is -2.08. The van der Waals surface area contributed by atoms with Crippen molar-refractivity contribution in [2.75, 3.05) is 12.1 Å². The first-order valence-corrected chi connectivity index (χ1v) is 10.8. The number of rotatable bonds is 3. The van der Waals surface area contributed by atoms with E-state index in [1.807, 2.05) is 5.48 Å². The first-order chi connectivity index (χ1) is 16.5. The van der Waals surface area contributed by atoms with E-state index in [0.29, 0.717) is 21.6 Å². The Hall–Kier alpha value is -3.18. The Labute approximate surface area is 208 Å². The van der Waals surface area contributed by atoms with Crippen molar-refractivity contribution in [3.05, 3.63) is 87.4 Å². The molecule has 12 heteroatoms. The molecular formula is C23H21Cl2F3N4O3. The number of aromatic amines is 1. The molecule has 0 atom stereocenters. The number of carbonyl (C=O) groups is 1. The third kappa shape index (κ3) is 7.40. The van der Waals surface area contributed by atoms with E-state index in [9.17, 15) is 18.0 Å². The van der Waals surface area contributed by atoms with Gasteiger partial charge in [-0.25, -0.2) is 9.97 Å². The highest BCUT2D eigenvalue weighted by atomic mass is 35.5. The van der Waals surface area contributed by atoms with Gasteiger partial charge in [0.1, 0.15) is 17.7 Å². The number of alkyl halides is 3. The quantitative estimate of drug-likeness (QED) is 0.183. The highest BCUT2D eigenvalue weighted by Gasteiger charge is 2.32. The van der Waals surface area contributed by atoms with Gasteiger partial charge in [-0.3, -0.25) is 15.5 Å². The minimum atomic E-state index is -4.36. The molecule has 0 unspecified atom stereocenters. The SMILES string of the molecule is CCO.Cc1ccc(Cl)c(C(F)(F)F)c1.O=C(c1ccc(Cl)cc1NO)c1ncnc2[nH]ccc12. The highest BCUT2D eigenvalue weighted by molar-refractivity contribution is 6.31. The Kier molecular flexibility index (Phi) is 10.0. The summed E-state index contributed by atoms with van der Waals surface area (Å²) in [5.41, 5.74) is 3.09. The van der Waals surface area contributed by atoms with Crippen molar-refractivity contribution in [3.8, 4) is 0 Å². The number of anilines is 1. The number of aliphatic hydroxyl groups is 1. The zero-order chi connectivity index (χ0) is 26.2. The average Bonchev–Trinajstić information content (AvgIpc) is 3.29. The van der Waals surface area contributed by atoms with Crippen LogP contribution in [0.5, 0.6) is 0 Å². The standard InChI is InChI=1S/C13H9ClN4O2.C8H6ClF3.C2H6O/c14-7-1-2-8(10(5-7)18-20)12(19)11-9-3-4-15-13(9)17-6-16-11;1-5-2-3-7(9)6(4-5)8(10,11)12;1-2-3/h1-6,18,20H,(H,15,16,17);2-4H,1H3;3H,2H2,1H3. The molecule has 35 heavy (non-hydrogen) atoms. The number of aryl methyl sites for hydroxylation is 1. The zero-order valence-corrected chi connectivity index (χ0v) is 20.0. The molecule has 4 rings (SSSR count). The Morgan fingerprint density at radius 2 is 1.80 bits per heavy atom. The highest BCUT2D eigenvalue weighted by Crippen LogP contribution is 2.34. The van der Waals surface area contributed by atoms with E-state index in [1.54, 1.807) is 32.2 Å². The van der Waals surface area contributed by atoms with Crippen LogP contribution < -0.4 is 5.48 Å². The molecule has 4 aromatic rings. The molecule has 0 saturated heterocycles. The summed E-state index contributed by atoms with van der Waals surface area (Å²) >= 11 is 11.2. The van der Waals surface area contributed by atoms with Gasteiger partial charge in [0, 0.05) is 28.8 Å². The van der Waals surface area contributed by atoms with Crippen molar-refractivity contribution in [3.63, 3.8) is 0 Å². The molecule has 0 aliphatic carbocycles.